The Balaban J connectivity index is 4.08. The molecular formula is C15H29N3O4S. The molecule has 1 atom stereocenters. The van der Waals surface area contributed by atoms with E-state index in [1.54, 1.807) is 11.8 Å². The Morgan fingerprint density at radius 3 is 2.26 bits per heavy atom. The highest BCUT2D eigenvalue weighted by molar-refractivity contribution is 7.99. The normalized spacial score (nSPS) is 12.3. The third kappa shape index (κ3) is 12.9. The van der Waals surface area contributed by atoms with Gasteiger partial charge in [0.2, 0.25) is 11.8 Å². The maximum absolute atomic E-state index is 11.7. The van der Waals surface area contributed by atoms with Gasteiger partial charge < -0.3 is 21.1 Å². The van der Waals surface area contributed by atoms with Crippen molar-refractivity contribution < 1.29 is 19.5 Å². The smallest absolute Gasteiger partial charge is 0.328 e. The topological polar surface area (TPSA) is 108 Å². The fourth-order valence-electron chi connectivity index (χ4n) is 1.53. The van der Waals surface area contributed by atoms with Crippen LogP contribution in [0, 0.1) is 5.92 Å². The quantitative estimate of drug-likeness (QED) is 0.382. The van der Waals surface area contributed by atoms with Crippen molar-refractivity contribution in [3.05, 3.63) is 0 Å². The predicted molar refractivity (Wildman–Crippen MR) is 92.5 cm³/mol. The molecule has 0 bridgehead atoms. The Labute approximate surface area is 142 Å². The largest absolute Gasteiger partial charge is 0.480 e. The average molecular weight is 347 g/mol. The van der Waals surface area contributed by atoms with E-state index in [9.17, 15) is 14.4 Å². The number of aliphatic carboxylic acids is 1. The van der Waals surface area contributed by atoms with Crippen molar-refractivity contribution in [2.24, 2.45) is 5.92 Å². The number of hydrogen-bond donors (Lipinski definition) is 4. The van der Waals surface area contributed by atoms with Crippen molar-refractivity contribution in [3.63, 3.8) is 0 Å². The third-order valence-electron chi connectivity index (χ3n) is 2.73. The molecule has 0 aromatic rings. The summed E-state index contributed by atoms with van der Waals surface area (Å²) in [6, 6.07) is -0.945. The first-order chi connectivity index (χ1) is 10.7. The minimum absolute atomic E-state index is 0.115. The van der Waals surface area contributed by atoms with Gasteiger partial charge in [0.05, 0.1) is 6.54 Å². The van der Waals surface area contributed by atoms with Crippen LogP contribution < -0.4 is 16.0 Å². The molecule has 0 saturated carbocycles. The van der Waals surface area contributed by atoms with Crippen LogP contribution in [0.15, 0.2) is 0 Å². The van der Waals surface area contributed by atoms with E-state index in [4.69, 9.17) is 5.11 Å². The molecule has 0 rings (SSSR count). The van der Waals surface area contributed by atoms with Crippen molar-refractivity contribution in [3.8, 4) is 0 Å². The van der Waals surface area contributed by atoms with Crippen molar-refractivity contribution in [1.29, 1.82) is 0 Å². The fraction of sp³-hybridized carbons (Fsp3) is 0.800. The van der Waals surface area contributed by atoms with Crippen molar-refractivity contribution in [1.82, 2.24) is 16.0 Å². The van der Waals surface area contributed by atoms with Crippen LogP contribution in [0.25, 0.3) is 0 Å². The number of amides is 2. The molecule has 134 valence electrons. The molecule has 0 aliphatic heterocycles. The van der Waals surface area contributed by atoms with Gasteiger partial charge in [-0.3, -0.25) is 9.59 Å². The molecule has 0 aromatic heterocycles. The van der Waals surface area contributed by atoms with Gasteiger partial charge in [-0.25, -0.2) is 4.79 Å². The molecule has 0 aliphatic carbocycles. The maximum atomic E-state index is 11.7. The lowest BCUT2D eigenvalue weighted by atomic mass is 10.2. The summed E-state index contributed by atoms with van der Waals surface area (Å²) in [6.07, 6.45) is 0.268. The molecule has 0 spiro atoms. The molecule has 7 nitrogen and oxygen atoms in total. The van der Waals surface area contributed by atoms with Gasteiger partial charge in [-0.2, -0.15) is 11.8 Å². The molecule has 4 N–H and O–H groups in total. The average Bonchev–Trinajstić information content (AvgIpc) is 2.45. The number of carboxylic acid groups (broad SMARTS) is 1. The Morgan fingerprint density at radius 2 is 1.74 bits per heavy atom. The Hall–Kier alpha value is -1.28. The SMILES string of the molecule is CC(C)CSCCC(=O)N[C@H](CNC(=O)CNC(C)C)C(=O)O. The second-order valence-corrected chi connectivity index (χ2v) is 7.17. The molecule has 0 unspecified atom stereocenters. The van der Waals surface area contributed by atoms with Gasteiger partial charge in [-0.05, 0) is 11.7 Å². The second kappa shape index (κ2) is 12.2. The number of hydrogen-bond acceptors (Lipinski definition) is 5. The van der Waals surface area contributed by atoms with Gasteiger partial charge in [0.25, 0.3) is 0 Å². The first-order valence-corrected chi connectivity index (χ1v) is 8.97. The van der Waals surface area contributed by atoms with Crippen LogP contribution in [-0.4, -0.2) is 59.6 Å². The van der Waals surface area contributed by atoms with Crippen LogP contribution in [0.5, 0.6) is 0 Å². The van der Waals surface area contributed by atoms with Crippen LogP contribution in [0.4, 0.5) is 0 Å². The lowest BCUT2D eigenvalue weighted by Crippen LogP contribution is -2.50. The first kappa shape index (κ1) is 21.7. The molecule has 0 heterocycles. The molecule has 0 saturated heterocycles. The lowest BCUT2D eigenvalue weighted by molar-refractivity contribution is -0.141. The highest BCUT2D eigenvalue weighted by atomic mass is 32.2. The van der Waals surface area contributed by atoms with Crippen LogP contribution in [0.2, 0.25) is 0 Å². The van der Waals surface area contributed by atoms with E-state index >= 15 is 0 Å². The number of carbonyl (C=O) groups is 3. The van der Waals surface area contributed by atoms with Crippen LogP contribution >= 0.6 is 11.8 Å². The van der Waals surface area contributed by atoms with Gasteiger partial charge in [-0.15, -0.1) is 0 Å². The highest BCUT2D eigenvalue weighted by Crippen LogP contribution is 2.08. The lowest BCUT2D eigenvalue weighted by Gasteiger charge is -2.16. The minimum atomic E-state index is -1.16. The van der Waals surface area contributed by atoms with Crippen molar-refractivity contribution >= 4 is 29.5 Å². The summed E-state index contributed by atoms with van der Waals surface area (Å²) in [5.74, 6) is 0.403. The van der Waals surface area contributed by atoms with Gasteiger partial charge in [0, 0.05) is 24.8 Å². The highest BCUT2D eigenvalue weighted by Gasteiger charge is 2.20. The summed E-state index contributed by atoms with van der Waals surface area (Å²) < 4.78 is 0. The standard InChI is InChI=1S/C15H29N3O4S/c1-10(2)9-23-6-5-13(19)18-12(15(21)22)7-17-14(20)8-16-11(3)4/h10-12,16H,5-9H2,1-4H3,(H,17,20)(H,18,19)(H,21,22)/t12-/m1/s1. The van der Waals surface area contributed by atoms with E-state index in [1.807, 2.05) is 13.8 Å². The summed E-state index contributed by atoms with van der Waals surface area (Å²) in [5, 5.41) is 17.0. The zero-order valence-electron chi connectivity index (χ0n) is 14.3. The number of nitrogens with one attached hydrogen (secondary N) is 3. The maximum Gasteiger partial charge on any atom is 0.328 e. The van der Waals surface area contributed by atoms with Crippen LogP contribution in [-0.2, 0) is 14.4 Å². The molecule has 23 heavy (non-hydrogen) atoms. The fourth-order valence-corrected chi connectivity index (χ4v) is 2.49. The van der Waals surface area contributed by atoms with Crippen LogP contribution in [0.1, 0.15) is 34.1 Å². The molecule has 0 aliphatic rings. The Kier molecular flexibility index (Phi) is 11.5. The first-order valence-electron chi connectivity index (χ1n) is 7.82. The van der Waals surface area contributed by atoms with E-state index in [0.29, 0.717) is 11.7 Å². The molecule has 2 amide bonds. The monoisotopic (exact) mass is 347 g/mol. The van der Waals surface area contributed by atoms with Gasteiger partial charge >= 0.3 is 5.97 Å². The number of carbonyl (C=O) groups excluding carboxylic acids is 2. The predicted octanol–water partition coefficient (Wildman–Crippen LogP) is 0.449. The molecule has 0 fully saturated rings. The van der Waals surface area contributed by atoms with E-state index < -0.39 is 12.0 Å². The molecule has 0 radical (unpaired) electrons. The van der Waals surface area contributed by atoms with E-state index in [1.165, 1.54) is 0 Å². The summed E-state index contributed by atoms with van der Waals surface area (Å²) in [4.78, 5) is 34.4. The zero-order chi connectivity index (χ0) is 17.8. The molecule has 0 aromatic carbocycles. The van der Waals surface area contributed by atoms with Crippen LogP contribution in [0.3, 0.4) is 0 Å². The Bertz CT molecular complexity index is 389. The van der Waals surface area contributed by atoms with E-state index in [0.717, 1.165) is 5.75 Å². The summed E-state index contributed by atoms with van der Waals surface area (Å²) in [6.45, 7) is 8.01. The summed E-state index contributed by atoms with van der Waals surface area (Å²) in [7, 11) is 0. The summed E-state index contributed by atoms with van der Waals surface area (Å²) in [5.41, 5.74) is 0. The van der Waals surface area contributed by atoms with Gasteiger partial charge in [0.1, 0.15) is 6.04 Å². The summed E-state index contributed by atoms with van der Waals surface area (Å²) >= 11 is 1.67. The van der Waals surface area contributed by atoms with Gasteiger partial charge in [-0.1, -0.05) is 27.7 Å². The molecule has 8 heteroatoms. The van der Waals surface area contributed by atoms with Gasteiger partial charge in [0.15, 0.2) is 0 Å². The number of carboxylic acids is 1. The molecular weight excluding hydrogens is 318 g/mol. The van der Waals surface area contributed by atoms with Crippen molar-refractivity contribution in [2.75, 3.05) is 24.6 Å². The van der Waals surface area contributed by atoms with E-state index in [2.05, 4.69) is 29.8 Å². The van der Waals surface area contributed by atoms with E-state index in [-0.39, 0.29) is 37.4 Å². The number of thioether (sulfide) groups is 1. The second-order valence-electron chi connectivity index (χ2n) is 6.02. The zero-order valence-corrected chi connectivity index (χ0v) is 15.2. The minimum Gasteiger partial charge on any atom is -0.480 e. The van der Waals surface area contributed by atoms with Crippen molar-refractivity contribution in [2.45, 2.75) is 46.2 Å². The Morgan fingerprint density at radius 1 is 1.09 bits per heavy atom. The number of rotatable bonds is 12. The third-order valence-corrected chi connectivity index (χ3v) is 4.13.